The highest BCUT2D eigenvalue weighted by Crippen LogP contribution is 2.39. The van der Waals surface area contributed by atoms with Crippen molar-refractivity contribution in [2.45, 2.75) is 51.1 Å². The van der Waals surface area contributed by atoms with Gasteiger partial charge >= 0.3 is 6.03 Å². The van der Waals surface area contributed by atoms with Gasteiger partial charge in [0.25, 0.3) is 5.91 Å². The lowest BCUT2D eigenvalue weighted by Gasteiger charge is -2.37. The minimum absolute atomic E-state index is 0.0530. The Morgan fingerprint density at radius 1 is 1.14 bits per heavy atom. The number of carbonyl (C=O) groups excluding carboxylic acids is 2. The van der Waals surface area contributed by atoms with Crippen LogP contribution in [0.2, 0.25) is 0 Å². The second kappa shape index (κ2) is 7.28. The van der Waals surface area contributed by atoms with Crippen molar-refractivity contribution in [2.75, 3.05) is 27.4 Å². The topological polar surface area (TPSA) is 71.1 Å². The predicted octanol–water partition coefficient (Wildman–Crippen LogP) is 2.52. The summed E-state index contributed by atoms with van der Waals surface area (Å²) in [5, 5.41) is 3.04. The van der Waals surface area contributed by atoms with E-state index in [0.717, 1.165) is 50.0 Å². The summed E-state index contributed by atoms with van der Waals surface area (Å²) >= 11 is 0. The molecule has 4 rings (SSSR count). The van der Waals surface area contributed by atoms with Crippen molar-refractivity contribution in [1.82, 2.24) is 15.1 Å². The van der Waals surface area contributed by atoms with E-state index in [1.807, 2.05) is 12.1 Å². The molecular weight excluding hydrogens is 358 g/mol. The van der Waals surface area contributed by atoms with Gasteiger partial charge in [0.2, 0.25) is 0 Å². The van der Waals surface area contributed by atoms with Crippen LogP contribution in [0.5, 0.6) is 11.5 Å². The highest BCUT2D eigenvalue weighted by molar-refractivity contribution is 6.07. The van der Waals surface area contributed by atoms with Crippen molar-refractivity contribution < 1.29 is 19.1 Å². The van der Waals surface area contributed by atoms with E-state index in [-0.39, 0.29) is 17.9 Å². The fourth-order valence-electron chi connectivity index (χ4n) is 4.89. The van der Waals surface area contributed by atoms with Crippen molar-refractivity contribution in [3.63, 3.8) is 0 Å². The molecule has 1 saturated carbocycles. The molecule has 2 atom stereocenters. The zero-order chi connectivity index (χ0) is 19.9. The van der Waals surface area contributed by atoms with Crippen molar-refractivity contribution in [3.05, 3.63) is 23.3 Å². The lowest BCUT2D eigenvalue weighted by molar-refractivity contribution is -0.135. The smallest absolute Gasteiger partial charge is 0.326 e. The van der Waals surface area contributed by atoms with E-state index in [0.29, 0.717) is 19.0 Å². The number of hydrogen-bond donors (Lipinski definition) is 1. The second-order valence-electron chi connectivity index (χ2n) is 8.20. The van der Waals surface area contributed by atoms with Gasteiger partial charge in [0.15, 0.2) is 11.5 Å². The van der Waals surface area contributed by atoms with Crippen molar-refractivity contribution in [1.29, 1.82) is 0 Å². The van der Waals surface area contributed by atoms with Crippen LogP contribution in [0.1, 0.15) is 43.7 Å². The van der Waals surface area contributed by atoms with E-state index in [2.05, 4.69) is 17.1 Å². The molecule has 1 N–H and O–H groups in total. The number of urea groups is 1. The highest BCUT2D eigenvalue weighted by atomic mass is 16.5. The van der Waals surface area contributed by atoms with Crippen LogP contribution in [0.25, 0.3) is 0 Å². The van der Waals surface area contributed by atoms with Crippen LogP contribution in [0.3, 0.4) is 0 Å². The number of amides is 3. The van der Waals surface area contributed by atoms with Crippen LogP contribution in [0.4, 0.5) is 4.79 Å². The highest BCUT2D eigenvalue weighted by Gasteiger charge is 2.55. The monoisotopic (exact) mass is 387 g/mol. The van der Waals surface area contributed by atoms with Gasteiger partial charge in [-0.3, -0.25) is 9.69 Å². The first-order valence-corrected chi connectivity index (χ1v) is 10.1. The average Bonchev–Trinajstić information content (AvgIpc) is 2.94. The first-order chi connectivity index (χ1) is 13.5. The maximum Gasteiger partial charge on any atom is 0.326 e. The lowest BCUT2D eigenvalue weighted by atomic mass is 9.73. The molecule has 1 saturated heterocycles. The number of nitrogens with one attached hydrogen (secondary N) is 1. The largest absolute Gasteiger partial charge is 0.493 e. The van der Waals surface area contributed by atoms with Crippen LogP contribution in [0.15, 0.2) is 12.1 Å². The van der Waals surface area contributed by atoms with Gasteiger partial charge in [-0.1, -0.05) is 19.8 Å². The van der Waals surface area contributed by atoms with Gasteiger partial charge in [-0.15, -0.1) is 0 Å². The number of imide groups is 1. The molecule has 1 aliphatic carbocycles. The molecule has 152 valence electrons. The van der Waals surface area contributed by atoms with Gasteiger partial charge in [0.05, 0.1) is 20.9 Å². The molecule has 1 aromatic rings. The number of fused-ring (bicyclic) bond motifs is 1. The Bertz CT molecular complexity index is 796. The summed E-state index contributed by atoms with van der Waals surface area (Å²) in [6, 6.07) is 3.77. The maximum absolute atomic E-state index is 13.2. The molecule has 0 aromatic heterocycles. The second-order valence-corrected chi connectivity index (χ2v) is 8.20. The Labute approximate surface area is 166 Å². The van der Waals surface area contributed by atoms with E-state index in [9.17, 15) is 9.59 Å². The Kier molecular flexibility index (Phi) is 4.95. The summed E-state index contributed by atoms with van der Waals surface area (Å²) in [6.45, 7) is 3.88. The molecule has 28 heavy (non-hydrogen) atoms. The van der Waals surface area contributed by atoms with Gasteiger partial charge in [0, 0.05) is 13.1 Å². The Hall–Kier alpha value is -2.28. The quantitative estimate of drug-likeness (QED) is 0.804. The minimum atomic E-state index is -0.695. The van der Waals surface area contributed by atoms with Crippen molar-refractivity contribution in [2.24, 2.45) is 5.92 Å². The predicted molar refractivity (Wildman–Crippen MR) is 104 cm³/mol. The molecule has 2 aliphatic heterocycles. The number of carbonyl (C=O) groups is 2. The molecule has 2 heterocycles. The van der Waals surface area contributed by atoms with Gasteiger partial charge in [0.1, 0.15) is 5.54 Å². The third-order valence-corrected chi connectivity index (χ3v) is 6.64. The van der Waals surface area contributed by atoms with E-state index >= 15 is 0 Å². The summed E-state index contributed by atoms with van der Waals surface area (Å²) in [5.41, 5.74) is 1.68. The van der Waals surface area contributed by atoms with Gasteiger partial charge in [-0.25, -0.2) is 9.69 Å². The van der Waals surface area contributed by atoms with Gasteiger partial charge in [-0.2, -0.15) is 0 Å². The zero-order valence-corrected chi connectivity index (χ0v) is 16.9. The van der Waals surface area contributed by atoms with E-state index < -0.39 is 5.54 Å². The summed E-state index contributed by atoms with van der Waals surface area (Å²) in [5.74, 6) is 1.56. The Morgan fingerprint density at radius 3 is 2.54 bits per heavy atom. The number of ether oxygens (including phenoxy) is 2. The van der Waals surface area contributed by atoms with Crippen LogP contribution >= 0.6 is 0 Å². The fraction of sp³-hybridized carbons (Fsp3) is 0.619. The Morgan fingerprint density at radius 2 is 1.86 bits per heavy atom. The number of hydrogen-bond acceptors (Lipinski definition) is 5. The summed E-state index contributed by atoms with van der Waals surface area (Å²) in [4.78, 5) is 29.4. The molecule has 2 unspecified atom stereocenters. The average molecular weight is 387 g/mol. The van der Waals surface area contributed by atoms with Gasteiger partial charge < -0.3 is 14.8 Å². The lowest BCUT2D eigenvalue weighted by Crippen LogP contribution is -2.54. The molecule has 2 fully saturated rings. The normalized spacial score (nSPS) is 27.7. The fourth-order valence-corrected chi connectivity index (χ4v) is 4.89. The number of benzene rings is 1. The SMILES string of the molecule is COc1cc2c(cc1OC)CN(CN1C(=O)NC3(CCCCC3C)C1=O)CC2. The molecule has 0 bridgehead atoms. The van der Waals surface area contributed by atoms with Crippen LogP contribution in [-0.2, 0) is 17.8 Å². The van der Waals surface area contributed by atoms with E-state index in [4.69, 9.17) is 9.47 Å². The molecule has 0 radical (unpaired) electrons. The van der Waals surface area contributed by atoms with Crippen molar-refractivity contribution in [3.8, 4) is 11.5 Å². The molecular formula is C21H29N3O4. The van der Waals surface area contributed by atoms with Crippen molar-refractivity contribution >= 4 is 11.9 Å². The zero-order valence-electron chi connectivity index (χ0n) is 16.9. The van der Waals surface area contributed by atoms with E-state index in [1.165, 1.54) is 10.5 Å². The third kappa shape index (κ3) is 3.02. The summed E-state index contributed by atoms with van der Waals surface area (Å²) in [7, 11) is 3.27. The minimum Gasteiger partial charge on any atom is -0.493 e. The summed E-state index contributed by atoms with van der Waals surface area (Å²) in [6.07, 6.45) is 4.69. The van der Waals surface area contributed by atoms with E-state index in [1.54, 1.807) is 14.2 Å². The first kappa shape index (κ1) is 19.1. The molecule has 7 heteroatoms. The number of methoxy groups -OCH3 is 2. The number of nitrogens with zero attached hydrogens (tertiary/aromatic N) is 2. The van der Waals surface area contributed by atoms with Crippen LogP contribution in [-0.4, -0.2) is 54.7 Å². The summed E-state index contributed by atoms with van der Waals surface area (Å²) < 4.78 is 10.8. The first-order valence-electron chi connectivity index (χ1n) is 10.1. The Balaban J connectivity index is 1.50. The molecule has 7 nitrogen and oxygen atoms in total. The molecule has 1 aromatic carbocycles. The maximum atomic E-state index is 13.2. The molecule has 3 aliphatic rings. The van der Waals surface area contributed by atoms with Crippen LogP contribution in [0, 0.1) is 5.92 Å². The third-order valence-electron chi connectivity index (χ3n) is 6.64. The van der Waals surface area contributed by atoms with Gasteiger partial charge in [-0.05, 0) is 48.4 Å². The molecule has 3 amide bonds. The van der Waals surface area contributed by atoms with Crippen LogP contribution < -0.4 is 14.8 Å². The standard InChI is InChI=1S/C21H29N3O4/c1-14-6-4-5-8-21(14)19(25)24(20(26)22-21)13-23-9-7-15-10-17(27-2)18(28-3)11-16(15)12-23/h10-11,14H,4-9,12-13H2,1-3H3,(H,22,26). The molecule has 1 spiro atoms. The number of rotatable bonds is 4.